The summed E-state index contributed by atoms with van der Waals surface area (Å²) in [6, 6.07) is 1.81. The molecule has 0 radical (unpaired) electrons. The number of hydrogen-bond donors (Lipinski definition) is 2. The van der Waals surface area contributed by atoms with Gasteiger partial charge in [-0.25, -0.2) is 17.5 Å². The van der Waals surface area contributed by atoms with Gasteiger partial charge in [0.15, 0.2) is 0 Å². The van der Waals surface area contributed by atoms with E-state index >= 15 is 0 Å². The van der Waals surface area contributed by atoms with Crippen LogP contribution in [0.2, 0.25) is 5.02 Å². The van der Waals surface area contributed by atoms with Crippen LogP contribution in [0.4, 0.5) is 4.39 Å². The van der Waals surface area contributed by atoms with Crippen LogP contribution in [0.25, 0.3) is 0 Å². The largest absolute Gasteiger partial charge is 0.392 e. The van der Waals surface area contributed by atoms with Crippen LogP contribution in [-0.2, 0) is 16.6 Å². The highest BCUT2D eigenvalue weighted by atomic mass is 35.5. The van der Waals surface area contributed by atoms with E-state index in [1.54, 1.807) is 0 Å². The van der Waals surface area contributed by atoms with E-state index in [2.05, 4.69) is 4.72 Å². The fraction of sp³-hybridized carbons (Fsp3) is 0.500. The lowest BCUT2D eigenvalue weighted by atomic mass is 10.2. The van der Waals surface area contributed by atoms with Crippen LogP contribution < -0.4 is 4.72 Å². The van der Waals surface area contributed by atoms with E-state index in [1.807, 2.05) is 13.2 Å². The Hall–Kier alpha value is -0.340. The van der Waals surface area contributed by atoms with Gasteiger partial charge in [0, 0.05) is 17.4 Å². The number of aliphatic hydroxyl groups is 1. The Morgan fingerprint density at radius 3 is 2.65 bits per heavy atom. The molecule has 0 aliphatic carbocycles. The van der Waals surface area contributed by atoms with Gasteiger partial charge in [-0.05, 0) is 24.8 Å². The first kappa shape index (κ1) is 17.7. The van der Waals surface area contributed by atoms with Gasteiger partial charge in [-0.2, -0.15) is 11.8 Å². The fourth-order valence-corrected chi connectivity index (χ4v) is 3.99. The van der Waals surface area contributed by atoms with Gasteiger partial charge in [0.25, 0.3) is 0 Å². The lowest BCUT2D eigenvalue weighted by molar-refractivity contribution is 0.281. The molecule has 0 saturated carbocycles. The van der Waals surface area contributed by atoms with Crippen molar-refractivity contribution in [3.63, 3.8) is 0 Å². The maximum Gasteiger partial charge on any atom is 0.240 e. The molecule has 0 spiro atoms. The lowest BCUT2D eigenvalue weighted by Gasteiger charge is -2.16. The predicted octanol–water partition coefficient (Wildman–Crippen LogP) is 2.39. The summed E-state index contributed by atoms with van der Waals surface area (Å²) in [5, 5.41) is 8.81. The first-order chi connectivity index (χ1) is 9.35. The van der Waals surface area contributed by atoms with E-state index < -0.39 is 22.4 Å². The van der Waals surface area contributed by atoms with Gasteiger partial charge >= 0.3 is 0 Å². The molecule has 1 unspecified atom stereocenters. The van der Waals surface area contributed by atoms with E-state index in [9.17, 15) is 12.8 Å². The van der Waals surface area contributed by atoms with Crippen LogP contribution in [0.1, 0.15) is 18.9 Å². The molecule has 1 aromatic rings. The SMILES string of the molecule is CCC(CSC)NS(=O)(=O)c1cc(F)c(Cl)c(CO)c1. The number of nitrogens with one attached hydrogen (secondary N) is 1. The predicted molar refractivity (Wildman–Crippen MR) is 80.1 cm³/mol. The highest BCUT2D eigenvalue weighted by molar-refractivity contribution is 7.98. The zero-order valence-corrected chi connectivity index (χ0v) is 13.6. The second-order valence-corrected chi connectivity index (χ2v) is 7.22. The normalized spacial score (nSPS) is 13.4. The maximum absolute atomic E-state index is 13.6. The summed E-state index contributed by atoms with van der Waals surface area (Å²) in [6.45, 7) is 1.34. The number of thioether (sulfide) groups is 1. The van der Waals surface area contributed by atoms with Crippen LogP contribution in [0, 0.1) is 5.82 Å². The van der Waals surface area contributed by atoms with Crippen molar-refractivity contribution in [2.75, 3.05) is 12.0 Å². The maximum atomic E-state index is 13.6. The average Bonchev–Trinajstić information content (AvgIpc) is 2.40. The molecule has 114 valence electrons. The third-order valence-electron chi connectivity index (χ3n) is 2.74. The van der Waals surface area contributed by atoms with E-state index in [0.29, 0.717) is 12.2 Å². The first-order valence-corrected chi connectivity index (χ1v) is 9.21. The van der Waals surface area contributed by atoms with Gasteiger partial charge in [0.1, 0.15) is 5.82 Å². The average molecular weight is 342 g/mol. The highest BCUT2D eigenvalue weighted by Gasteiger charge is 2.21. The van der Waals surface area contributed by atoms with Crippen molar-refractivity contribution in [1.29, 1.82) is 0 Å². The van der Waals surface area contributed by atoms with Crippen molar-refractivity contribution in [2.45, 2.75) is 30.9 Å². The minimum atomic E-state index is -3.84. The van der Waals surface area contributed by atoms with E-state index in [0.717, 1.165) is 6.07 Å². The van der Waals surface area contributed by atoms with E-state index in [1.165, 1.54) is 17.8 Å². The van der Waals surface area contributed by atoms with Crippen LogP contribution in [-0.4, -0.2) is 31.6 Å². The Balaban J connectivity index is 3.12. The molecule has 1 aromatic carbocycles. The Morgan fingerprint density at radius 2 is 2.15 bits per heavy atom. The molecule has 1 rings (SSSR count). The fourth-order valence-electron chi connectivity index (χ4n) is 1.61. The molecular formula is C12H17ClFNO3S2. The summed E-state index contributed by atoms with van der Waals surface area (Å²) in [7, 11) is -3.84. The molecule has 1 atom stereocenters. The molecule has 0 amide bonds. The Labute approximate surface area is 127 Å². The highest BCUT2D eigenvalue weighted by Crippen LogP contribution is 2.24. The number of aliphatic hydroxyl groups excluding tert-OH is 1. The molecule has 8 heteroatoms. The van der Waals surface area contributed by atoms with E-state index in [-0.39, 0.29) is 21.5 Å². The van der Waals surface area contributed by atoms with Crippen molar-refractivity contribution in [2.24, 2.45) is 0 Å². The van der Waals surface area contributed by atoms with Crippen LogP contribution in [0.5, 0.6) is 0 Å². The summed E-state index contributed by atoms with van der Waals surface area (Å²) < 4.78 is 40.5. The molecular weight excluding hydrogens is 325 g/mol. The van der Waals surface area contributed by atoms with Crippen LogP contribution >= 0.6 is 23.4 Å². The van der Waals surface area contributed by atoms with Gasteiger partial charge in [0.05, 0.1) is 16.5 Å². The minimum Gasteiger partial charge on any atom is -0.392 e. The van der Waals surface area contributed by atoms with Crippen LogP contribution in [0.15, 0.2) is 17.0 Å². The van der Waals surface area contributed by atoms with Crippen molar-refractivity contribution < 1.29 is 17.9 Å². The number of sulfonamides is 1. The minimum absolute atomic E-state index is 0.0463. The smallest absolute Gasteiger partial charge is 0.240 e. The summed E-state index contributed by atoms with van der Waals surface area (Å²) in [5.74, 6) is -0.241. The third kappa shape index (κ3) is 4.33. The van der Waals surface area contributed by atoms with E-state index in [4.69, 9.17) is 16.7 Å². The monoisotopic (exact) mass is 341 g/mol. The summed E-state index contributed by atoms with van der Waals surface area (Å²) in [5.41, 5.74) is 0.0463. The van der Waals surface area contributed by atoms with Gasteiger partial charge in [-0.15, -0.1) is 0 Å². The van der Waals surface area contributed by atoms with Gasteiger partial charge in [0.2, 0.25) is 10.0 Å². The summed E-state index contributed by atoms with van der Waals surface area (Å²) in [4.78, 5) is -0.233. The van der Waals surface area contributed by atoms with Gasteiger partial charge < -0.3 is 5.11 Å². The molecule has 0 fully saturated rings. The Kier molecular flexibility index (Phi) is 6.74. The standard InChI is InChI=1S/C12H17ClFNO3S2/c1-3-9(7-19-2)15-20(17,18)10-4-8(6-16)12(13)11(14)5-10/h4-5,9,15-16H,3,6-7H2,1-2H3. The number of rotatable bonds is 7. The molecule has 0 aliphatic heterocycles. The molecule has 0 saturated heterocycles. The quantitative estimate of drug-likeness (QED) is 0.799. The topological polar surface area (TPSA) is 66.4 Å². The van der Waals surface area contributed by atoms with Crippen molar-refractivity contribution >= 4 is 33.4 Å². The zero-order chi connectivity index (χ0) is 15.3. The number of hydrogen-bond acceptors (Lipinski definition) is 4. The second-order valence-electron chi connectivity index (χ2n) is 4.22. The molecule has 0 bridgehead atoms. The Bertz CT molecular complexity index is 566. The van der Waals surface area contributed by atoms with Crippen molar-refractivity contribution in [3.05, 3.63) is 28.5 Å². The molecule has 0 aromatic heterocycles. The summed E-state index contributed by atoms with van der Waals surface area (Å²) in [6.07, 6.45) is 2.51. The molecule has 4 nitrogen and oxygen atoms in total. The zero-order valence-electron chi connectivity index (χ0n) is 11.2. The van der Waals surface area contributed by atoms with Gasteiger partial charge in [-0.3, -0.25) is 0 Å². The van der Waals surface area contributed by atoms with Crippen LogP contribution in [0.3, 0.4) is 0 Å². The molecule has 20 heavy (non-hydrogen) atoms. The molecule has 0 heterocycles. The Morgan fingerprint density at radius 1 is 1.50 bits per heavy atom. The first-order valence-electron chi connectivity index (χ1n) is 5.95. The lowest BCUT2D eigenvalue weighted by Crippen LogP contribution is -2.36. The van der Waals surface area contributed by atoms with Crippen molar-refractivity contribution in [3.8, 4) is 0 Å². The molecule has 2 N–H and O–H groups in total. The van der Waals surface area contributed by atoms with Gasteiger partial charge in [-0.1, -0.05) is 18.5 Å². The molecule has 0 aliphatic rings. The number of halogens is 2. The second kappa shape index (κ2) is 7.61. The number of benzene rings is 1. The summed E-state index contributed by atoms with van der Waals surface area (Å²) >= 11 is 7.17. The third-order valence-corrected chi connectivity index (χ3v) is 5.40. The van der Waals surface area contributed by atoms with Crippen molar-refractivity contribution in [1.82, 2.24) is 4.72 Å².